The molecule has 0 aliphatic carbocycles. The van der Waals surface area contributed by atoms with E-state index in [1.54, 1.807) is 53.7 Å². The van der Waals surface area contributed by atoms with Crippen molar-refractivity contribution in [1.29, 1.82) is 0 Å². The zero-order valence-electron chi connectivity index (χ0n) is 24.6. The molecular formula is C30H42N4O6. The van der Waals surface area contributed by atoms with Crippen LogP contribution in [0.3, 0.4) is 0 Å². The number of carbonyl (C=O) groups is 4. The van der Waals surface area contributed by atoms with E-state index in [0.717, 1.165) is 11.1 Å². The highest BCUT2D eigenvalue weighted by Gasteiger charge is 2.42. The number of aryl methyl sites for hydroxylation is 2. The standard InChI is InChI=1S/C30H42N4O6/c1-18-11-9-12-19(2)24(18)33-26(37)25(20-13-10-14-21(35)17-20)34(29(3,4)5)27(38)22(15-16-23(31)36)32-28(39)40-30(6,7)8/h9-14,17,22,25,35H,15-16H2,1-8H3,(H2,31,36)(H,32,39)(H,33,37). The number of carbonyl (C=O) groups excluding carboxylic acids is 4. The molecule has 40 heavy (non-hydrogen) atoms. The number of phenols is 1. The van der Waals surface area contributed by atoms with Crippen molar-refractivity contribution < 1.29 is 29.0 Å². The third kappa shape index (κ3) is 9.00. The molecule has 0 aromatic heterocycles. The van der Waals surface area contributed by atoms with Crippen LogP contribution in [0, 0.1) is 13.8 Å². The van der Waals surface area contributed by atoms with Gasteiger partial charge in [-0.2, -0.15) is 0 Å². The van der Waals surface area contributed by atoms with E-state index in [1.807, 2.05) is 32.0 Å². The number of aromatic hydroxyl groups is 1. The van der Waals surface area contributed by atoms with E-state index >= 15 is 0 Å². The Morgan fingerprint density at radius 3 is 2.05 bits per heavy atom. The van der Waals surface area contributed by atoms with Crippen LogP contribution in [-0.2, 0) is 19.1 Å². The van der Waals surface area contributed by atoms with Crippen molar-refractivity contribution in [2.45, 2.75) is 91.5 Å². The fourth-order valence-corrected chi connectivity index (χ4v) is 4.32. The van der Waals surface area contributed by atoms with Gasteiger partial charge in [-0.1, -0.05) is 30.3 Å². The molecule has 2 aromatic rings. The highest BCUT2D eigenvalue weighted by atomic mass is 16.6. The van der Waals surface area contributed by atoms with Crippen molar-refractivity contribution >= 4 is 29.5 Å². The number of ether oxygens (including phenoxy) is 1. The Bertz CT molecular complexity index is 1230. The molecule has 0 spiro atoms. The maximum Gasteiger partial charge on any atom is 0.408 e. The molecule has 0 heterocycles. The van der Waals surface area contributed by atoms with Crippen LogP contribution in [0.5, 0.6) is 5.75 Å². The lowest BCUT2D eigenvalue weighted by Gasteiger charge is -2.43. The molecule has 0 saturated heterocycles. The summed E-state index contributed by atoms with van der Waals surface area (Å²) in [4.78, 5) is 54.0. The summed E-state index contributed by atoms with van der Waals surface area (Å²) < 4.78 is 5.35. The van der Waals surface area contributed by atoms with Crippen molar-refractivity contribution in [3.05, 3.63) is 59.2 Å². The molecule has 5 N–H and O–H groups in total. The van der Waals surface area contributed by atoms with E-state index in [2.05, 4.69) is 10.6 Å². The Hall–Kier alpha value is -4.08. The van der Waals surface area contributed by atoms with Gasteiger partial charge in [0.25, 0.3) is 5.91 Å². The average Bonchev–Trinajstić information content (AvgIpc) is 2.80. The van der Waals surface area contributed by atoms with Crippen LogP contribution < -0.4 is 16.4 Å². The Balaban J connectivity index is 2.64. The molecular weight excluding hydrogens is 512 g/mol. The molecule has 2 aromatic carbocycles. The number of para-hydroxylation sites is 1. The summed E-state index contributed by atoms with van der Waals surface area (Å²) in [5.74, 6) is -1.87. The number of hydrogen-bond donors (Lipinski definition) is 4. The summed E-state index contributed by atoms with van der Waals surface area (Å²) in [6.07, 6.45) is -1.14. The first-order valence-electron chi connectivity index (χ1n) is 13.2. The third-order valence-electron chi connectivity index (χ3n) is 6.05. The minimum absolute atomic E-state index is 0.0826. The van der Waals surface area contributed by atoms with Crippen LogP contribution >= 0.6 is 0 Å². The van der Waals surface area contributed by atoms with Crippen LogP contribution in [0.15, 0.2) is 42.5 Å². The van der Waals surface area contributed by atoms with Gasteiger partial charge in [-0.05, 0) is 90.6 Å². The van der Waals surface area contributed by atoms with Gasteiger partial charge in [0.1, 0.15) is 23.4 Å². The number of rotatable bonds is 9. The zero-order valence-corrected chi connectivity index (χ0v) is 24.6. The number of amides is 4. The number of nitrogens with one attached hydrogen (secondary N) is 2. The van der Waals surface area contributed by atoms with Crippen molar-refractivity contribution in [2.24, 2.45) is 5.73 Å². The van der Waals surface area contributed by atoms with Gasteiger partial charge >= 0.3 is 6.09 Å². The normalized spacial score (nSPS) is 13.1. The van der Waals surface area contributed by atoms with E-state index in [-0.39, 0.29) is 18.6 Å². The first-order chi connectivity index (χ1) is 18.4. The van der Waals surface area contributed by atoms with Crippen molar-refractivity contribution in [3.8, 4) is 5.75 Å². The van der Waals surface area contributed by atoms with E-state index in [1.165, 1.54) is 17.0 Å². The van der Waals surface area contributed by atoms with Crippen molar-refractivity contribution in [1.82, 2.24) is 10.2 Å². The van der Waals surface area contributed by atoms with Gasteiger partial charge in [-0.25, -0.2) is 4.79 Å². The average molecular weight is 555 g/mol. The Morgan fingerprint density at radius 2 is 1.55 bits per heavy atom. The number of anilines is 1. The van der Waals surface area contributed by atoms with Crippen molar-refractivity contribution in [2.75, 3.05) is 5.32 Å². The number of primary amides is 1. The van der Waals surface area contributed by atoms with E-state index in [4.69, 9.17) is 10.5 Å². The fraction of sp³-hybridized carbons (Fsp3) is 0.467. The molecule has 0 radical (unpaired) electrons. The summed E-state index contributed by atoms with van der Waals surface area (Å²) in [6, 6.07) is 9.27. The maximum absolute atomic E-state index is 14.3. The molecule has 2 atom stereocenters. The summed E-state index contributed by atoms with van der Waals surface area (Å²) in [5.41, 5.74) is 6.22. The molecule has 10 nitrogen and oxygen atoms in total. The van der Waals surface area contributed by atoms with Crippen LogP contribution in [0.2, 0.25) is 0 Å². The topological polar surface area (TPSA) is 151 Å². The first-order valence-corrected chi connectivity index (χ1v) is 13.2. The largest absolute Gasteiger partial charge is 0.508 e. The fourth-order valence-electron chi connectivity index (χ4n) is 4.32. The monoisotopic (exact) mass is 554 g/mol. The van der Waals surface area contributed by atoms with Crippen LogP contribution in [0.4, 0.5) is 10.5 Å². The molecule has 0 bridgehead atoms. The summed E-state index contributed by atoms with van der Waals surface area (Å²) in [5, 5.41) is 15.8. The predicted octanol–water partition coefficient (Wildman–Crippen LogP) is 4.47. The second-order valence-corrected chi connectivity index (χ2v) is 11.8. The second-order valence-electron chi connectivity index (χ2n) is 11.8. The Labute approximate surface area is 236 Å². The molecule has 218 valence electrons. The summed E-state index contributed by atoms with van der Waals surface area (Å²) in [7, 11) is 0. The molecule has 10 heteroatoms. The maximum atomic E-state index is 14.3. The summed E-state index contributed by atoms with van der Waals surface area (Å²) >= 11 is 0. The van der Waals surface area contributed by atoms with Crippen molar-refractivity contribution in [3.63, 3.8) is 0 Å². The lowest BCUT2D eigenvalue weighted by atomic mass is 9.94. The minimum atomic E-state index is -1.23. The van der Waals surface area contributed by atoms with E-state index < -0.39 is 47.0 Å². The van der Waals surface area contributed by atoms with Gasteiger partial charge in [-0.15, -0.1) is 0 Å². The van der Waals surface area contributed by atoms with Gasteiger partial charge in [0, 0.05) is 17.6 Å². The molecule has 4 amide bonds. The zero-order chi connectivity index (χ0) is 30.4. The predicted molar refractivity (Wildman–Crippen MR) is 154 cm³/mol. The molecule has 2 rings (SSSR count). The molecule has 0 fully saturated rings. The quantitative estimate of drug-likeness (QED) is 0.359. The van der Waals surface area contributed by atoms with Crippen LogP contribution in [-0.4, -0.2) is 51.0 Å². The second kappa shape index (κ2) is 12.8. The smallest absolute Gasteiger partial charge is 0.408 e. The number of benzene rings is 2. The molecule has 0 aliphatic rings. The number of phenolic OH excluding ortho intramolecular Hbond substituents is 1. The number of nitrogens with zero attached hydrogens (tertiary/aromatic N) is 1. The highest BCUT2D eigenvalue weighted by molar-refractivity contribution is 6.00. The van der Waals surface area contributed by atoms with Crippen LogP contribution in [0.25, 0.3) is 0 Å². The Kier molecular flexibility index (Phi) is 10.3. The molecule has 0 saturated carbocycles. The number of hydrogen-bond acceptors (Lipinski definition) is 6. The van der Waals surface area contributed by atoms with Crippen LogP contribution in [0.1, 0.15) is 77.1 Å². The Morgan fingerprint density at radius 1 is 0.975 bits per heavy atom. The van der Waals surface area contributed by atoms with E-state index in [9.17, 15) is 24.3 Å². The lowest BCUT2D eigenvalue weighted by molar-refractivity contribution is -0.147. The SMILES string of the molecule is Cc1cccc(C)c1NC(=O)C(c1cccc(O)c1)N(C(=O)C(CCC(N)=O)NC(=O)OC(C)(C)C)C(C)(C)C. The van der Waals surface area contributed by atoms with Gasteiger partial charge in [0.15, 0.2) is 0 Å². The van der Waals surface area contributed by atoms with Gasteiger partial charge < -0.3 is 31.1 Å². The molecule has 0 aliphatic heterocycles. The first kappa shape index (κ1) is 32.1. The molecule has 2 unspecified atom stereocenters. The van der Waals surface area contributed by atoms with E-state index in [0.29, 0.717) is 11.3 Å². The third-order valence-corrected chi connectivity index (χ3v) is 6.05. The number of alkyl carbamates (subject to hydrolysis) is 1. The van der Waals surface area contributed by atoms with Gasteiger partial charge in [0.2, 0.25) is 11.8 Å². The van der Waals surface area contributed by atoms with Gasteiger partial charge in [0.05, 0.1) is 0 Å². The number of nitrogens with two attached hydrogens (primary N) is 1. The van der Waals surface area contributed by atoms with Gasteiger partial charge in [-0.3, -0.25) is 14.4 Å². The minimum Gasteiger partial charge on any atom is -0.508 e. The highest BCUT2D eigenvalue weighted by Crippen LogP contribution is 2.33. The lowest BCUT2D eigenvalue weighted by Crippen LogP contribution is -2.58. The summed E-state index contributed by atoms with van der Waals surface area (Å²) in [6.45, 7) is 14.0.